The van der Waals surface area contributed by atoms with E-state index in [4.69, 9.17) is 9.97 Å². The van der Waals surface area contributed by atoms with Crippen LogP contribution in [0.3, 0.4) is 0 Å². The van der Waals surface area contributed by atoms with E-state index in [1.54, 1.807) is 15.4 Å². The average molecular weight is 541 g/mol. The summed E-state index contributed by atoms with van der Waals surface area (Å²) in [5.41, 5.74) is 2.20. The molecule has 1 aliphatic heterocycles. The molecule has 12 heteroatoms. The number of likely N-dealkylation sites (N-methyl/N-ethyl adjacent to an activating group) is 1. The van der Waals surface area contributed by atoms with E-state index in [0.29, 0.717) is 24.0 Å². The highest BCUT2D eigenvalue weighted by Gasteiger charge is 2.20. The maximum atomic E-state index is 12.8. The summed E-state index contributed by atoms with van der Waals surface area (Å²) in [5, 5.41) is 16.1. The number of halogens is 1. The van der Waals surface area contributed by atoms with Gasteiger partial charge in [0.25, 0.3) is 0 Å². The van der Waals surface area contributed by atoms with Crippen LogP contribution in [0.4, 0.5) is 5.95 Å². The van der Waals surface area contributed by atoms with Gasteiger partial charge in [0.1, 0.15) is 6.04 Å². The van der Waals surface area contributed by atoms with Crippen molar-refractivity contribution in [1.29, 1.82) is 0 Å². The van der Waals surface area contributed by atoms with Gasteiger partial charge in [-0.25, -0.2) is 9.97 Å². The van der Waals surface area contributed by atoms with Gasteiger partial charge in [-0.2, -0.15) is 9.61 Å². The number of benzene rings is 1. The van der Waals surface area contributed by atoms with Crippen LogP contribution in [-0.4, -0.2) is 97.4 Å². The third-order valence-corrected chi connectivity index (χ3v) is 6.92. The third-order valence-electron chi connectivity index (χ3n) is 6.28. The number of aryl methyl sites for hydroxylation is 1. The molecule has 0 bridgehead atoms. The van der Waals surface area contributed by atoms with Gasteiger partial charge in [0.05, 0.1) is 17.3 Å². The molecule has 11 nitrogen and oxygen atoms in total. The van der Waals surface area contributed by atoms with Crippen LogP contribution in [0.1, 0.15) is 6.92 Å². The highest BCUT2D eigenvalue weighted by atomic mass is 79.9. The van der Waals surface area contributed by atoms with E-state index in [0.717, 1.165) is 53.7 Å². The van der Waals surface area contributed by atoms with Crippen molar-refractivity contribution in [3.8, 4) is 11.4 Å². The molecule has 0 spiro atoms. The van der Waals surface area contributed by atoms with E-state index in [1.807, 2.05) is 38.4 Å². The number of anilines is 1. The predicted octanol–water partition coefficient (Wildman–Crippen LogP) is 1.60. The number of aromatic nitrogens is 6. The number of fused-ring (bicyclic) bond motifs is 3. The molecule has 1 aromatic carbocycles. The Bertz CT molecular complexity index is 1360. The van der Waals surface area contributed by atoms with Crippen molar-refractivity contribution in [2.24, 2.45) is 7.05 Å². The third kappa shape index (κ3) is 5.00. The molecular weight excluding hydrogens is 512 g/mol. The summed E-state index contributed by atoms with van der Waals surface area (Å²) in [4.78, 5) is 27.1. The zero-order valence-corrected chi connectivity index (χ0v) is 21.7. The Balaban J connectivity index is 1.37. The molecular formula is C23H29BrN10O. The number of rotatable bonds is 7. The first-order chi connectivity index (χ1) is 16.9. The summed E-state index contributed by atoms with van der Waals surface area (Å²) in [5.74, 6) is 0.900. The van der Waals surface area contributed by atoms with E-state index >= 15 is 0 Å². The van der Waals surface area contributed by atoms with Crippen molar-refractivity contribution < 1.29 is 4.79 Å². The molecule has 0 radical (unpaired) electrons. The highest BCUT2D eigenvalue weighted by Crippen LogP contribution is 2.28. The van der Waals surface area contributed by atoms with Gasteiger partial charge in [0, 0.05) is 62.4 Å². The van der Waals surface area contributed by atoms with Crippen molar-refractivity contribution in [1.82, 2.24) is 44.5 Å². The van der Waals surface area contributed by atoms with Gasteiger partial charge in [0.15, 0.2) is 11.5 Å². The Labute approximate surface area is 211 Å². The number of hydrogen-bond donors (Lipinski definition) is 2. The summed E-state index contributed by atoms with van der Waals surface area (Å²) >= 11 is 3.59. The molecule has 1 aliphatic rings. The molecule has 5 rings (SSSR count). The molecule has 0 unspecified atom stereocenters. The second-order valence-electron chi connectivity index (χ2n) is 8.95. The molecule has 35 heavy (non-hydrogen) atoms. The zero-order valence-electron chi connectivity index (χ0n) is 20.1. The lowest BCUT2D eigenvalue weighted by molar-refractivity contribution is -0.121. The summed E-state index contributed by atoms with van der Waals surface area (Å²) in [6.45, 7) is 7.44. The largest absolute Gasteiger partial charge is 0.353 e. The fourth-order valence-electron chi connectivity index (χ4n) is 4.17. The van der Waals surface area contributed by atoms with Crippen LogP contribution in [0.2, 0.25) is 0 Å². The molecule has 184 valence electrons. The lowest BCUT2D eigenvalue weighted by Crippen LogP contribution is -2.48. The van der Waals surface area contributed by atoms with Crippen LogP contribution in [0.5, 0.6) is 0 Å². The summed E-state index contributed by atoms with van der Waals surface area (Å²) < 4.78 is 4.21. The van der Waals surface area contributed by atoms with E-state index in [1.165, 1.54) is 0 Å². The van der Waals surface area contributed by atoms with Crippen molar-refractivity contribution in [3.63, 3.8) is 0 Å². The number of para-hydroxylation sites is 1. The minimum Gasteiger partial charge on any atom is -0.353 e. The zero-order chi connectivity index (χ0) is 24.5. The van der Waals surface area contributed by atoms with Gasteiger partial charge in [-0.15, -0.1) is 5.10 Å². The molecule has 4 heterocycles. The van der Waals surface area contributed by atoms with Gasteiger partial charge in [-0.05, 0) is 42.0 Å². The Morgan fingerprint density at radius 1 is 1.17 bits per heavy atom. The molecule has 0 aliphatic carbocycles. The van der Waals surface area contributed by atoms with E-state index in [-0.39, 0.29) is 5.91 Å². The molecule has 2 N–H and O–H groups in total. The van der Waals surface area contributed by atoms with Crippen LogP contribution in [0.25, 0.3) is 27.9 Å². The van der Waals surface area contributed by atoms with E-state index < -0.39 is 6.04 Å². The standard InChI is InChI=1S/C23H29BrN10O/c1-15(22(35)25-7-8-33-11-9-31(2)10-12-33)27-23-28-19-17(5-4-6-18(19)24)21-29-20(30-34(21)23)16-13-26-32(3)14-16/h4-6,13-15H,7-12H2,1-3H3,(H,25,35)(H,27,28)/t15-/m1/s1. The first-order valence-corrected chi connectivity index (χ1v) is 12.5. The number of carbonyl (C=O) groups is 1. The monoisotopic (exact) mass is 540 g/mol. The van der Waals surface area contributed by atoms with Crippen LogP contribution in [0, 0.1) is 0 Å². The first kappa shape index (κ1) is 23.6. The number of piperazine rings is 1. The van der Waals surface area contributed by atoms with Crippen molar-refractivity contribution in [3.05, 3.63) is 35.1 Å². The number of amides is 1. The SMILES string of the molecule is C[C@@H](Nc1nc2c(Br)cccc2c2nc(-c3cnn(C)c3)nn12)C(=O)NCCN1CCN(C)CC1. The fourth-order valence-corrected chi connectivity index (χ4v) is 4.63. The number of nitrogens with one attached hydrogen (secondary N) is 2. The average Bonchev–Trinajstić information content (AvgIpc) is 3.48. The molecule has 1 amide bonds. The Morgan fingerprint density at radius 2 is 1.97 bits per heavy atom. The molecule has 1 saturated heterocycles. The molecule has 1 atom stereocenters. The molecule has 1 fully saturated rings. The summed E-state index contributed by atoms with van der Waals surface area (Å²) in [7, 11) is 3.99. The minimum absolute atomic E-state index is 0.0890. The molecule has 3 aromatic heterocycles. The number of hydrogen-bond acceptors (Lipinski definition) is 8. The van der Waals surface area contributed by atoms with Gasteiger partial charge >= 0.3 is 0 Å². The van der Waals surface area contributed by atoms with Crippen LogP contribution in [0.15, 0.2) is 35.1 Å². The van der Waals surface area contributed by atoms with Crippen LogP contribution >= 0.6 is 15.9 Å². The normalized spacial score (nSPS) is 16.1. The number of carbonyl (C=O) groups excluding carboxylic acids is 1. The van der Waals surface area contributed by atoms with E-state index in [9.17, 15) is 4.79 Å². The van der Waals surface area contributed by atoms with Crippen molar-refractivity contribution in [2.75, 3.05) is 51.6 Å². The first-order valence-electron chi connectivity index (χ1n) is 11.7. The maximum Gasteiger partial charge on any atom is 0.242 e. The van der Waals surface area contributed by atoms with Gasteiger partial charge in [0.2, 0.25) is 11.9 Å². The van der Waals surface area contributed by atoms with Crippen molar-refractivity contribution >= 4 is 44.3 Å². The maximum absolute atomic E-state index is 12.8. The number of nitrogens with zero attached hydrogens (tertiary/aromatic N) is 8. The molecule has 4 aromatic rings. The van der Waals surface area contributed by atoms with E-state index in [2.05, 4.69) is 53.6 Å². The topological polar surface area (TPSA) is 109 Å². The van der Waals surface area contributed by atoms with Gasteiger partial charge < -0.3 is 15.5 Å². The second-order valence-corrected chi connectivity index (χ2v) is 9.80. The fraction of sp³-hybridized carbons (Fsp3) is 0.435. The Kier molecular flexibility index (Phi) is 6.67. The summed E-state index contributed by atoms with van der Waals surface area (Å²) in [6.07, 6.45) is 3.59. The highest BCUT2D eigenvalue weighted by molar-refractivity contribution is 9.10. The van der Waals surface area contributed by atoms with Gasteiger partial charge in [-0.1, -0.05) is 6.07 Å². The lowest BCUT2D eigenvalue weighted by atomic mass is 10.2. The Morgan fingerprint density at radius 3 is 2.71 bits per heavy atom. The quantitative estimate of drug-likeness (QED) is 0.364. The smallest absolute Gasteiger partial charge is 0.242 e. The lowest BCUT2D eigenvalue weighted by Gasteiger charge is -2.32. The minimum atomic E-state index is -0.510. The van der Waals surface area contributed by atoms with Crippen LogP contribution in [-0.2, 0) is 11.8 Å². The Hall–Kier alpha value is -3.09. The van der Waals surface area contributed by atoms with Gasteiger partial charge in [-0.3, -0.25) is 14.4 Å². The predicted molar refractivity (Wildman–Crippen MR) is 138 cm³/mol. The molecule has 0 saturated carbocycles. The van der Waals surface area contributed by atoms with Crippen molar-refractivity contribution in [2.45, 2.75) is 13.0 Å². The summed E-state index contributed by atoms with van der Waals surface area (Å²) in [6, 6.07) is 5.32. The van der Waals surface area contributed by atoms with Crippen LogP contribution < -0.4 is 10.6 Å². The second kappa shape index (κ2) is 9.88.